The van der Waals surface area contributed by atoms with Gasteiger partial charge in [-0.15, -0.1) is 0 Å². The summed E-state index contributed by atoms with van der Waals surface area (Å²) in [6.07, 6.45) is 3.83. The number of oxazole rings is 1. The molecule has 35 heavy (non-hydrogen) atoms. The molecule has 0 atom stereocenters. The Morgan fingerprint density at radius 1 is 0.971 bits per heavy atom. The summed E-state index contributed by atoms with van der Waals surface area (Å²) in [6, 6.07) is 26.5. The molecular formula is C29H30N2O4. The van der Waals surface area contributed by atoms with Gasteiger partial charge in [0.05, 0.1) is 19.3 Å². The molecule has 0 aliphatic carbocycles. The van der Waals surface area contributed by atoms with Crippen LogP contribution in [0.3, 0.4) is 0 Å². The van der Waals surface area contributed by atoms with E-state index >= 15 is 0 Å². The number of nitrogens with zero attached hydrogens (tertiary/aromatic N) is 2. The Bertz CT molecular complexity index is 1150. The molecule has 6 heteroatoms. The molecule has 0 fully saturated rings. The highest BCUT2D eigenvalue weighted by atomic mass is 16.5. The maximum Gasteiger partial charge on any atom is 0.236 e. The van der Waals surface area contributed by atoms with Crippen molar-refractivity contribution < 1.29 is 19.1 Å². The molecule has 1 heterocycles. The zero-order chi connectivity index (χ0) is 24.5. The number of carbonyl (C=O) groups excluding carboxylic acids is 1. The van der Waals surface area contributed by atoms with E-state index in [9.17, 15) is 9.90 Å². The fourth-order valence-electron chi connectivity index (χ4n) is 4.01. The largest absolute Gasteiger partial charge is 0.494 e. The van der Waals surface area contributed by atoms with E-state index in [0.717, 1.165) is 30.6 Å². The molecule has 0 aliphatic heterocycles. The van der Waals surface area contributed by atoms with Crippen LogP contribution in [-0.4, -0.2) is 41.5 Å². The highest BCUT2D eigenvalue weighted by molar-refractivity contribution is 5.55. The third-order valence-electron chi connectivity index (χ3n) is 5.87. The van der Waals surface area contributed by atoms with Crippen molar-refractivity contribution in [2.75, 3.05) is 20.2 Å². The summed E-state index contributed by atoms with van der Waals surface area (Å²) in [6.45, 7) is 1.95. The quantitative estimate of drug-likeness (QED) is 0.241. The first kappa shape index (κ1) is 24.4. The minimum Gasteiger partial charge on any atom is -0.494 e. The van der Waals surface area contributed by atoms with Gasteiger partial charge >= 0.3 is 0 Å². The van der Waals surface area contributed by atoms with Crippen molar-refractivity contribution in [1.82, 2.24) is 9.88 Å². The summed E-state index contributed by atoms with van der Waals surface area (Å²) in [7, 11) is 2.01. The second-order valence-electron chi connectivity index (χ2n) is 8.53. The summed E-state index contributed by atoms with van der Waals surface area (Å²) in [4.78, 5) is 17.2. The smallest absolute Gasteiger partial charge is 0.236 e. The molecule has 0 amide bonds. The number of aliphatic hydroxyl groups is 1. The van der Waals surface area contributed by atoms with Gasteiger partial charge in [-0.2, -0.15) is 0 Å². The van der Waals surface area contributed by atoms with E-state index in [1.807, 2.05) is 92.0 Å². The lowest BCUT2D eigenvalue weighted by atomic mass is 9.86. The lowest BCUT2D eigenvalue weighted by Crippen LogP contribution is -2.29. The first-order valence-corrected chi connectivity index (χ1v) is 11.7. The van der Waals surface area contributed by atoms with Crippen molar-refractivity contribution in [3.8, 4) is 5.75 Å². The molecule has 1 aromatic heterocycles. The van der Waals surface area contributed by atoms with Gasteiger partial charge in [-0.05, 0) is 42.3 Å². The number of hydrogen-bond acceptors (Lipinski definition) is 6. The van der Waals surface area contributed by atoms with Crippen LogP contribution >= 0.6 is 0 Å². The Hall–Kier alpha value is -3.74. The van der Waals surface area contributed by atoms with Crippen LogP contribution in [-0.2, 0) is 23.4 Å². The molecule has 0 radical (unpaired) electrons. The van der Waals surface area contributed by atoms with Crippen molar-refractivity contribution in [2.45, 2.75) is 25.0 Å². The summed E-state index contributed by atoms with van der Waals surface area (Å²) in [5.41, 5.74) is 0.896. The Labute approximate surface area is 205 Å². The molecule has 6 nitrogen and oxygen atoms in total. The zero-order valence-corrected chi connectivity index (χ0v) is 19.8. The molecular weight excluding hydrogens is 440 g/mol. The second kappa shape index (κ2) is 11.6. The molecule has 0 saturated heterocycles. The first-order chi connectivity index (χ1) is 17.1. The first-order valence-electron chi connectivity index (χ1n) is 11.7. The summed E-state index contributed by atoms with van der Waals surface area (Å²) in [5, 5.41) is 11.8. The Balaban J connectivity index is 1.35. The van der Waals surface area contributed by atoms with E-state index in [2.05, 4.69) is 9.88 Å². The average molecular weight is 471 g/mol. The number of benzene rings is 3. The van der Waals surface area contributed by atoms with Crippen LogP contribution in [0.5, 0.6) is 5.75 Å². The molecule has 1 N–H and O–H groups in total. The van der Waals surface area contributed by atoms with Gasteiger partial charge in [0.15, 0.2) is 5.60 Å². The SMILES string of the molecule is CN(CCCOc1ccc(CC=O)cc1)Cc1cnc(C(O)(c2ccccc2)c2ccccc2)o1. The van der Waals surface area contributed by atoms with Gasteiger partial charge in [0.25, 0.3) is 0 Å². The van der Waals surface area contributed by atoms with Gasteiger partial charge in [-0.1, -0.05) is 72.8 Å². The maximum absolute atomic E-state index is 11.8. The van der Waals surface area contributed by atoms with E-state index in [1.165, 1.54) is 0 Å². The van der Waals surface area contributed by atoms with Crippen molar-refractivity contribution in [2.24, 2.45) is 0 Å². The van der Waals surface area contributed by atoms with Gasteiger partial charge in [0.2, 0.25) is 5.89 Å². The lowest BCUT2D eigenvalue weighted by molar-refractivity contribution is -0.107. The maximum atomic E-state index is 11.8. The second-order valence-corrected chi connectivity index (χ2v) is 8.53. The highest BCUT2D eigenvalue weighted by Gasteiger charge is 2.38. The van der Waals surface area contributed by atoms with Crippen LogP contribution in [0.15, 0.2) is 95.5 Å². The van der Waals surface area contributed by atoms with E-state index in [0.29, 0.717) is 36.5 Å². The van der Waals surface area contributed by atoms with Crippen LogP contribution in [0.1, 0.15) is 34.8 Å². The van der Waals surface area contributed by atoms with Crippen LogP contribution in [0.4, 0.5) is 0 Å². The molecule has 0 aliphatic rings. The van der Waals surface area contributed by atoms with E-state index in [1.54, 1.807) is 6.20 Å². The molecule has 3 aromatic carbocycles. The van der Waals surface area contributed by atoms with Gasteiger partial charge < -0.3 is 19.1 Å². The van der Waals surface area contributed by atoms with Crippen LogP contribution in [0.2, 0.25) is 0 Å². The van der Waals surface area contributed by atoms with Crippen molar-refractivity contribution in [1.29, 1.82) is 0 Å². The van der Waals surface area contributed by atoms with Gasteiger partial charge in [0, 0.05) is 13.0 Å². The van der Waals surface area contributed by atoms with Crippen molar-refractivity contribution in [3.05, 3.63) is 119 Å². The number of rotatable bonds is 12. The number of ether oxygens (including phenoxy) is 1. The minimum atomic E-state index is -1.48. The summed E-state index contributed by atoms with van der Waals surface area (Å²) in [5.74, 6) is 1.72. The minimum absolute atomic E-state index is 0.250. The van der Waals surface area contributed by atoms with Gasteiger partial charge in [0.1, 0.15) is 17.8 Å². The van der Waals surface area contributed by atoms with Crippen molar-refractivity contribution in [3.63, 3.8) is 0 Å². The van der Waals surface area contributed by atoms with Crippen molar-refractivity contribution >= 4 is 6.29 Å². The monoisotopic (exact) mass is 470 g/mol. The highest BCUT2D eigenvalue weighted by Crippen LogP contribution is 2.36. The average Bonchev–Trinajstić information content (AvgIpc) is 3.37. The zero-order valence-electron chi connectivity index (χ0n) is 19.8. The molecule has 0 unspecified atom stereocenters. The fraction of sp³-hybridized carbons (Fsp3) is 0.241. The van der Waals surface area contributed by atoms with Crippen LogP contribution < -0.4 is 4.74 Å². The third-order valence-corrected chi connectivity index (χ3v) is 5.87. The summed E-state index contributed by atoms with van der Waals surface area (Å²) >= 11 is 0. The predicted molar refractivity (Wildman–Crippen MR) is 134 cm³/mol. The molecule has 4 rings (SSSR count). The van der Waals surface area contributed by atoms with E-state index in [-0.39, 0.29) is 5.89 Å². The number of aldehydes is 1. The third kappa shape index (κ3) is 6.04. The molecule has 0 bridgehead atoms. The number of aromatic nitrogens is 1. The standard InChI is InChI=1S/C29H30N2O4/c1-31(18-8-20-34-26-15-13-23(14-16-26)17-19-32)22-27-21-30-28(35-27)29(33,24-9-4-2-5-10-24)25-11-6-3-7-12-25/h2-7,9-16,19,21,33H,8,17-18,20,22H2,1H3. The summed E-state index contributed by atoms with van der Waals surface area (Å²) < 4.78 is 11.9. The number of hydrogen-bond donors (Lipinski definition) is 1. The van der Waals surface area contributed by atoms with Crippen LogP contribution in [0, 0.1) is 0 Å². The van der Waals surface area contributed by atoms with Gasteiger partial charge in [-0.25, -0.2) is 4.98 Å². The molecule has 0 spiro atoms. The normalized spacial score (nSPS) is 11.5. The topological polar surface area (TPSA) is 75.8 Å². The van der Waals surface area contributed by atoms with Gasteiger partial charge in [-0.3, -0.25) is 4.90 Å². The van der Waals surface area contributed by atoms with Crippen LogP contribution in [0.25, 0.3) is 0 Å². The predicted octanol–water partition coefficient (Wildman–Crippen LogP) is 4.60. The number of carbonyl (C=O) groups is 1. The molecule has 0 saturated carbocycles. The van der Waals surface area contributed by atoms with E-state index < -0.39 is 5.60 Å². The van der Waals surface area contributed by atoms with E-state index in [4.69, 9.17) is 9.15 Å². The Morgan fingerprint density at radius 2 is 1.60 bits per heavy atom. The Kier molecular flexibility index (Phi) is 8.08. The fourth-order valence-corrected chi connectivity index (χ4v) is 4.01. The Morgan fingerprint density at radius 3 is 2.20 bits per heavy atom. The lowest BCUT2D eigenvalue weighted by Gasteiger charge is -2.26. The molecule has 4 aromatic rings. The molecule has 180 valence electrons.